The van der Waals surface area contributed by atoms with Gasteiger partial charge in [0.15, 0.2) is 5.65 Å². The average Bonchev–Trinajstić information content (AvgIpc) is 3.56. The van der Waals surface area contributed by atoms with Gasteiger partial charge in [-0.3, -0.25) is 9.69 Å². The molecule has 13 heteroatoms. The summed E-state index contributed by atoms with van der Waals surface area (Å²) in [5, 5.41) is 19.1. The monoisotopic (exact) mass is 705 g/mol. The van der Waals surface area contributed by atoms with E-state index in [1.54, 1.807) is 0 Å². The van der Waals surface area contributed by atoms with E-state index in [9.17, 15) is 4.79 Å². The molecule has 1 aliphatic heterocycles. The lowest BCUT2D eigenvalue weighted by atomic mass is 9.90. The van der Waals surface area contributed by atoms with Crippen LogP contribution in [0, 0.1) is 0 Å². The van der Waals surface area contributed by atoms with Gasteiger partial charge >= 0.3 is 6.03 Å². The van der Waals surface area contributed by atoms with Crippen molar-refractivity contribution in [3.63, 3.8) is 0 Å². The molecular formula is C39H47N9O4. The number of nitrogens with one attached hydrogen (secondary N) is 2. The number of rotatable bonds is 9. The van der Waals surface area contributed by atoms with Gasteiger partial charge in [0.2, 0.25) is 0 Å². The molecule has 1 saturated carbocycles. The van der Waals surface area contributed by atoms with Gasteiger partial charge in [0.25, 0.3) is 5.97 Å². The maximum Gasteiger partial charge on any atom is 0.315 e. The zero-order chi connectivity index (χ0) is 36.5. The number of ether oxygens (including phenoxy) is 1. The minimum atomic E-state index is -0.833. The number of likely N-dealkylation sites (N-methyl/N-ethyl adjacent to an activating group) is 1. The van der Waals surface area contributed by atoms with E-state index in [0.29, 0.717) is 36.4 Å². The minimum absolute atomic E-state index is 0.209. The Bertz CT molecular complexity index is 1910. The number of nitrogens with zero attached hydrogens (tertiary/aromatic N) is 6. The molecule has 0 bridgehead atoms. The zero-order valence-electron chi connectivity index (χ0n) is 29.7. The highest BCUT2D eigenvalue weighted by Crippen LogP contribution is 2.37. The third-order valence-corrected chi connectivity index (χ3v) is 9.62. The van der Waals surface area contributed by atoms with Crippen LogP contribution in [0.25, 0.3) is 22.3 Å². The van der Waals surface area contributed by atoms with Crippen LogP contribution in [0.4, 0.5) is 10.6 Å². The first kappa shape index (κ1) is 36.3. The number of nitrogen functional groups attached to an aromatic ring is 1. The molecule has 0 spiro atoms. The number of piperazine rings is 1. The van der Waals surface area contributed by atoms with Crippen LogP contribution in [-0.2, 0) is 17.9 Å². The van der Waals surface area contributed by atoms with Crippen LogP contribution in [0.2, 0.25) is 0 Å². The van der Waals surface area contributed by atoms with Gasteiger partial charge in [-0.15, -0.1) is 0 Å². The Morgan fingerprint density at radius 2 is 1.37 bits per heavy atom. The standard InChI is InChI=1S/C37H43N9O2.C2H4O2/c1-44-19-21-45(22-20-44)29-11-13-30(14-12-29)46-36-33(35(38)41-25-42-36)34(43-46)28-9-17-32(18-10-28)48-31-15-7-27(8-16-31)24-40-37(47)39-23-26-5-3-2-4-6-26;1-2(3)4/h2-10,15-18,25,29-30H,11-14,19-24H2,1H3,(H2,38,41,42)(H2,39,40,47);1H3,(H,3,4). The molecule has 7 rings (SSSR count). The molecule has 13 nitrogen and oxygen atoms in total. The van der Waals surface area contributed by atoms with E-state index in [2.05, 4.69) is 42.1 Å². The molecule has 3 heterocycles. The number of hydrogen-bond acceptors (Lipinski definition) is 9. The van der Waals surface area contributed by atoms with Crippen LogP contribution in [0.1, 0.15) is 49.8 Å². The Kier molecular flexibility index (Phi) is 11.9. The van der Waals surface area contributed by atoms with E-state index in [0.717, 1.165) is 79.4 Å². The third kappa shape index (κ3) is 9.42. The summed E-state index contributed by atoms with van der Waals surface area (Å²) in [7, 11) is 2.21. The molecule has 272 valence electrons. The largest absolute Gasteiger partial charge is 0.481 e. The summed E-state index contributed by atoms with van der Waals surface area (Å²) in [6.45, 7) is 6.59. The number of carbonyl (C=O) groups is 2. The molecule has 0 unspecified atom stereocenters. The van der Waals surface area contributed by atoms with Crippen LogP contribution in [0.3, 0.4) is 0 Å². The van der Waals surface area contributed by atoms with E-state index in [1.807, 2.05) is 78.9 Å². The third-order valence-electron chi connectivity index (χ3n) is 9.62. The maximum atomic E-state index is 12.2. The predicted octanol–water partition coefficient (Wildman–Crippen LogP) is 5.69. The Hall–Kier alpha value is -5.53. The van der Waals surface area contributed by atoms with Gasteiger partial charge in [0.1, 0.15) is 29.3 Å². The van der Waals surface area contributed by atoms with Crippen molar-refractivity contribution in [3.05, 3.63) is 96.3 Å². The van der Waals surface area contributed by atoms with Crippen molar-refractivity contribution < 1.29 is 19.4 Å². The van der Waals surface area contributed by atoms with Gasteiger partial charge in [0.05, 0.1) is 11.4 Å². The smallest absolute Gasteiger partial charge is 0.315 e. The fourth-order valence-corrected chi connectivity index (χ4v) is 6.82. The number of aliphatic carboxylic acids is 1. The summed E-state index contributed by atoms with van der Waals surface area (Å²) in [5.41, 5.74) is 11.0. The molecule has 5 N–H and O–H groups in total. The number of urea groups is 1. The lowest BCUT2D eigenvalue weighted by Crippen LogP contribution is -2.49. The first-order valence-electron chi connectivity index (χ1n) is 17.8. The van der Waals surface area contributed by atoms with Crippen LogP contribution >= 0.6 is 0 Å². The topological polar surface area (TPSA) is 164 Å². The van der Waals surface area contributed by atoms with Gasteiger partial charge in [0, 0.05) is 57.8 Å². The lowest BCUT2D eigenvalue weighted by Gasteiger charge is -2.41. The zero-order valence-corrected chi connectivity index (χ0v) is 29.7. The minimum Gasteiger partial charge on any atom is -0.481 e. The molecule has 2 aromatic heterocycles. The van der Waals surface area contributed by atoms with Crippen LogP contribution in [-0.4, -0.2) is 85.9 Å². The number of carbonyl (C=O) groups excluding carboxylic acids is 1. The van der Waals surface area contributed by atoms with Crippen molar-refractivity contribution in [2.75, 3.05) is 39.0 Å². The highest BCUT2D eigenvalue weighted by atomic mass is 16.5. The molecule has 1 saturated heterocycles. The number of amides is 2. The number of benzene rings is 3. The second-order valence-corrected chi connectivity index (χ2v) is 13.4. The molecule has 1 aliphatic carbocycles. The lowest BCUT2D eigenvalue weighted by molar-refractivity contribution is -0.134. The van der Waals surface area contributed by atoms with Crippen LogP contribution < -0.4 is 21.1 Å². The SMILES string of the molecule is CC(=O)O.CN1CCN(C2CCC(n3nc(-c4ccc(Oc5ccc(CNC(=O)NCc6ccccc6)cc5)cc4)c4c(N)ncnc43)CC2)CC1. The molecule has 2 amide bonds. The Balaban J connectivity index is 0.00000110. The number of nitrogens with two attached hydrogens (primary N) is 1. The van der Waals surface area contributed by atoms with Crippen molar-refractivity contribution in [1.29, 1.82) is 0 Å². The summed E-state index contributed by atoms with van der Waals surface area (Å²) in [5.74, 6) is 1.02. The molecule has 0 radical (unpaired) electrons. The normalized spacial score (nSPS) is 17.9. The summed E-state index contributed by atoms with van der Waals surface area (Å²) >= 11 is 0. The number of anilines is 1. The summed E-state index contributed by atoms with van der Waals surface area (Å²) < 4.78 is 8.23. The molecule has 0 atom stereocenters. The summed E-state index contributed by atoms with van der Waals surface area (Å²) in [4.78, 5) is 35.2. The summed E-state index contributed by atoms with van der Waals surface area (Å²) in [6, 6.07) is 26.1. The van der Waals surface area contributed by atoms with Gasteiger partial charge < -0.3 is 31.1 Å². The van der Waals surface area contributed by atoms with E-state index in [1.165, 1.54) is 19.2 Å². The van der Waals surface area contributed by atoms with Gasteiger partial charge in [-0.05, 0) is 80.3 Å². The Labute approximate surface area is 303 Å². The number of hydrogen-bond donors (Lipinski definition) is 4. The second kappa shape index (κ2) is 17.1. The van der Waals surface area contributed by atoms with Crippen LogP contribution in [0.15, 0.2) is 85.2 Å². The number of carboxylic acids is 1. The molecule has 2 fully saturated rings. The molecular weight excluding hydrogens is 658 g/mol. The van der Waals surface area contributed by atoms with E-state index >= 15 is 0 Å². The van der Waals surface area contributed by atoms with E-state index < -0.39 is 5.97 Å². The molecule has 5 aromatic rings. The number of carboxylic acid groups (broad SMARTS) is 1. The van der Waals surface area contributed by atoms with E-state index in [4.69, 9.17) is 25.5 Å². The van der Waals surface area contributed by atoms with Crippen molar-refractivity contribution in [1.82, 2.24) is 40.2 Å². The first-order valence-corrected chi connectivity index (χ1v) is 17.8. The average molecular weight is 706 g/mol. The highest BCUT2D eigenvalue weighted by Gasteiger charge is 2.30. The predicted molar refractivity (Wildman–Crippen MR) is 201 cm³/mol. The van der Waals surface area contributed by atoms with Gasteiger partial charge in [-0.2, -0.15) is 5.10 Å². The van der Waals surface area contributed by atoms with Crippen molar-refractivity contribution in [2.45, 2.75) is 57.8 Å². The second-order valence-electron chi connectivity index (χ2n) is 13.4. The summed E-state index contributed by atoms with van der Waals surface area (Å²) in [6.07, 6.45) is 6.01. The van der Waals surface area contributed by atoms with Crippen LogP contribution in [0.5, 0.6) is 11.5 Å². The van der Waals surface area contributed by atoms with Crippen molar-refractivity contribution >= 4 is 28.9 Å². The number of fused-ring (bicyclic) bond motifs is 1. The molecule has 2 aliphatic rings. The van der Waals surface area contributed by atoms with E-state index in [-0.39, 0.29) is 12.1 Å². The Morgan fingerprint density at radius 1 is 0.808 bits per heavy atom. The number of aromatic nitrogens is 4. The van der Waals surface area contributed by atoms with Crippen molar-refractivity contribution in [3.8, 4) is 22.8 Å². The first-order chi connectivity index (χ1) is 25.2. The maximum absolute atomic E-state index is 12.2. The van der Waals surface area contributed by atoms with Gasteiger partial charge in [-0.1, -0.05) is 42.5 Å². The fourth-order valence-electron chi connectivity index (χ4n) is 6.82. The van der Waals surface area contributed by atoms with Gasteiger partial charge in [-0.25, -0.2) is 19.4 Å². The van der Waals surface area contributed by atoms with Crippen molar-refractivity contribution in [2.24, 2.45) is 0 Å². The molecule has 52 heavy (non-hydrogen) atoms. The Morgan fingerprint density at radius 3 is 1.98 bits per heavy atom. The quantitative estimate of drug-likeness (QED) is 0.150. The molecule has 3 aromatic carbocycles. The fraction of sp³-hybridized carbons (Fsp3) is 0.359. The highest BCUT2D eigenvalue weighted by molar-refractivity contribution is 5.98.